The van der Waals surface area contributed by atoms with Crippen LogP contribution in [-0.4, -0.2) is 18.5 Å². The maximum atomic E-state index is 11.9. The Morgan fingerprint density at radius 1 is 1.25 bits per heavy atom. The summed E-state index contributed by atoms with van der Waals surface area (Å²) in [5, 5.41) is 0. The Balaban J connectivity index is 2.69. The van der Waals surface area contributed by atoms with E-state index in [9.17, 15) is 4.79 Å². The van der Waals surface area contributed by atoms with Crippen LogP contribution in [0.2, 0.25) is 0 Å². The molecule has 0 bridgehead atoms. The van der Waals surface area contributed by atoms with E-state index in [0.29, 0.717) is 6.61 Å². The largest absolute Gasteiger partial charge is 0.371 e. The summed E-state index contributed by atoms with van der Waals surface area (Å²) in [4.78, 5) is 11.9. The molecule has 0 fully saturated rings. The average molecular weight is 220 g/mol. The molecule has 0 spiro atoms. The molecule has 0 saturated carbocycles. The second kappa shape index (κ2) is 6.44. The Kier molecular flexibility index (Phi) is 5.20. The van der Waals surface area contributed by atoms with Crippen molar-refractivity contribution in [2.45, 2.75) is 39.7 Å². The van der Waals surface area contributed by atoms with Gasteiger partial charge in [0.05, 0.1) is 0 Å². The molecule has 1 aromatic carbocycles. The standard InChI is InChI=1S/C14H20O2/c1-4-6-12-7-9-13(10-8-12)14(15)11(3)16-5-2/h7-11H,4-6H2,1-3H3. The minimum Gasteiger partial charge on any atom is -0.371 e. The van der Waals surface area contributed by atoms with Gasteiger partial charge in [-0.05, 0) is 25.8 Å². The van der Waals surface area contributed by atoms with Gasteiger partial charge in [0, 0.05) is 12.2 Å². The molecule has 2 heteroatoms. The quantitative estimate of drug-likeness (QED) is 0.688. The summed E-state index contributed by atoms with van der Waals surface area (Å²) in [7, 11) is 0. The van der Waals surface area contributed by atoms with E-state index < -0.39 is 0 Å². The first-order valence-electron chi connectivity index (χ1n) is 5.93. The van der Waals surface area contributed by atoms with Crippen LogP contribution in [0.5, 0.6) is 0 Å². The Morgan fingerprint density at radius 2 is 1.88 bits per heavy atom. The van der Waals surface area contributed by atoms with E-state index in [0.717, 1.165) is 18.4 Å². The maximum absolute atomic E-state index is 11.9. The summed E-state index contributed by atoms with van der Waals surface area (Å²) in [6.07, 6.45) is 1.85. The van der Waals surface area contributed by atoms with Crippen molar-refractivity contribution in [1.29, 1.82) is 0 Å². The van der Waals surface area contributed by atoms with Crippen molar-refractivity contribution < 1.29 is 9.53 Å². The van der Waals surface area contributed by atoms with Crippen molar-refractivity contribution in [2.24, 2.45) is 0 Å². The van der Waals surface area contributed by atoms with E-state index in [-0.39, 0.29) is 11.9 Å². The molecule has 0 saturated heterocycles. The summed E-state index contributed by atoms with van der Waals surface area (Å²) in [5.74, 6) is 0.0601. The normalized spacial score (nSPS) is 12.4. The van der Waals surface area contributed by atoms with Crippen LogP contribution in [0.1, 0.15) is 43.1 Å². The van der Waals surface area contributed by atoms with Gasteiger partial charge >= 0.3 is 0 Å². The SMILES string of the molecule is CCCc1ccc(C(=O)C(C)OCC)cc1. The van der Waals surface area contributed by atoms with Crippen LogP contribution in [0.15, 0.2) is 24.3 Å². The molecule has 0 aliphatic heterocycles. The van der Waals surface area contributed by atoms with Crippen molar-refractivity contribution in [3.05, 3.63) is 35.4 Å². The van der Waals surface area contributed by atoms with Gasteiger partial charge in [-0.1, -0.05) is 37.6 Å². The van der Waals surface area contributed by atoms with Gasteiger partial charge in [0.1, 0.15) is 6.10 Å². The number of rotatable bonds is 6. The van der Waals surface area contributed by atoms with Crippen LogP contribution >= 0.6 is 0 Å². The third-order valence-electron chi connectivity index (χ3n) is 2.56. The molecule has 16 heavy (non-hydrogen) atoms. The molecule has 1 rings (SSSR count). The molecular formula is C14H20O2. The zero-order chi connectivity index (χ0) is 12.0. The highest BCUT2D eigenvalue weighted by atomic mass is 16.5. The van der Waals surface area contributed by atoms with Crippen molar-refractivity contribution >= 4 is 5.78 Å². The molecule has 0 radical (unpaired) electrons. The van der Waals surface area contributed by atoms with E-state index in [1.165, 1.54) is 5.56 Å². The van der Waals surface area contributed by atoms with Crippen molar-refractivity contribution in [3.63, 3.8) is 0 Å². The molecule has 0 heterocycles. The second-order valence-electron chi connectivity index (χ2n) is 3.91. The Bertz CT molecular complexity index is 327. The first-order chi connectivity index (χ1) is 7.69. The molecule has 1 unspecified atom stereocenters. The monoisotopic (exact) mass is 220 g/mol. The zero-order valence-corrected chi connectivity index (χ0v) is 10.3. The van der Waals surface area contributed by atoms with Crippen LogP contribution in [0.25, 0.3) is 0 Å². The van der Waals surface area contributed by atoms with Crippen molar-refractivity contribution in [2.75, 3.05) is 6.61 Å². The number of ether oxygens (including phenoxy) is 1. The minimum atomic E-state index is -0.345. The molecule has 88 valence electrons. The van der Waals surface area contributed by atoms with Gasteiger partial charge in [-0.2, -0.15) is 0 Å². The van der Waals surface area contributed by atoms with Crippen LogP contribution in [-0.2, 0) is 11.2 Å². The smallest absolute Gasteiger partial charge is 0.191 e. The molecular weight excluding hydrogens is 200 g/mol. The van der Waals surface area contributed by atoms with Crippen LogP contribution in [0, 0.1) is 0 Å². The number of aryl methyl sites for hydroxylation is 1. The number of carbonyl (C=O) groups is 1. The number of carbonyl (C=O) groups excluding carboxylic acids is 1. The van der Waals surface area contributed by atoms with E-state index in [4.69, 9.17) is 4.74 Å². The fraction of sp³-hybridized carbons (Fsp3) is 0.500. The highest BCUT2D eigenvalue weighted by Gasteiger charge is 2.14. The van der Waals surface area contributed by atoms with Crippen LogP contribution < -0.4 is 0 Å². The lowest BCUT2D eigenvalue weighted by molar-refractivity contribution is 0.0520. The fourth-order valence-electron chi connectivity index (χ4n) is 1.68. The molecule has 2 nitrogen and oxygen atoms in total. The van der Waals surface area contributed by atoms with Gasteiger partial charge in [-0.3, -0.25) is 4.79 Å². The number of hydrogen-bond acceptors (Lipinski definition) is 2. The molecule has 0 aliphatic carbocycles. The van der Waals surface area contributed by atoms with Crippen LogP contribution in [0.3, 0.4) is 0 Å². The highest BCUT2D eigenvalue weighted by molar-refractivity contribution is 5.99. The molecule has 0 aromatic heterocycles. The van der Waals surface area contributed by atoms with Gasteiger partial charge in [0.25, 0.3) is 0 Å². The van der Waals surface area contributed by atoms with E-state index >= 15 is 0 Å². The summed E-state index contributed by atoms with van der Waals surface area (Å²) in [6.45, 7) is 6.41. The van der Waals surface area contributed by atoms with E-state index in [2.05, 4.69) is 6.92 Å². The van der Waals surface area contributed by atoms with Gasteiger partial charge in [-0.25, -0.2) is 0 Å². The first kappa shape index (κ1) is 12.9. The number of Topliss-reactive ketones (excluding diaryl/α,β-unsaturated/α-hetero) is 1. The lowest BCUT2D eigenvalue weighted by Gasteiger charge is -2.10. The summed E-state index contributed by atoms with van der Waals surface area (Å²) in [6, 6.07) is 7.83. The van der Waals surface area contributed by atoms with Crippen molar-refractivity contribution in [1.82, 2.24) is 0 Å². The second-order valence-corrected chi connectivity index (χ2v) is 3.91. The number of benzene rings is 1. The molecule has 0 amide bonds. The lowest BCUT2D eigenvalue weighted by atomic mass is 10.0. The summed E-state index contributed by atoms with van der Waals surface area (Å²) in [5.41, 5.74) is 2.02. The lowest BCUT2D eigenvalue weighted by Crippen LogP contribution is -2.20. The number of ketones is 1. The zero-order valence-electron chi connectivity index (χ0n) is 10.3. The molecule has 1 atom stereocenters. The topological polar surface area (TPSA) is 26.3 Å². The Hall–Kier alpha value is -1.15. The first-order valence-corrected chi connectivity index (χ1v) is 5.93. The maximum Gasteiger partial charge on any atom is 0.191 e. The minimum absolute atomic E-state index is 0.0601. The number of hydrogen-bond donors (Lipinski definition) is 0. The van der Waals surface area contributed by atoms with Gasteiger partial charge < -0.3 is 4.74 Å². The van der Waals surface area contributed by atoms with Crippen molar-refractivity contribution in [3.8, 4) is 0 Å². The predicted molar refractivity (Wildman–Crippen MR) is 65.9 cm³/mol. The summed E-state index contributed by atoms with van der Waals surface area (Å²) < 4.78 is 5.29. The summed E-state index contributed by atoms with van der Waals surface area (Å²) >= 11 is 0. The molecule has 0 aliphatic rings. The Morgan fingerprint density at radius 3 is 2.38 bits per heavy atom. The van der Waals surface area contributed by atoms with Crippen LogP contribution in [0.4, 0.5) is 0 Å². The van der Waals surface area contributed by atoms with Gasteiger partial charge in [0.2, 0.25) is 0 Å². The molecule has 1 aromatic rings. The highest BCUT2D eigenvalue weighted by Crippen LogP contribution is 2.10. The predicted octanol–water partition coefficient (Wildman–Crippen LogP) is 3.25. The molecule has 0 N–H and O–H groups in total. The fourth-order valence-corrected chi connectivity index (χ4v) is 1.68. The van der Waals surface area contributed by atoms with E-state index in [1.54, 1.807) is 6.92 Å². The van der Waals surface area contributed by atoms with E-state index in [1.807, 2.05) is 31.2 Å². The Labute approximate surface area is 97.6 Å². The van der Waals surface area contributed by atoms with Gasteiger partial charge in [0.15, 0.2) is 5.78 Å². The average Bonchev–Trinajstić information content (AvgIpc) is 2.30. The third-order valence-corrected chi connectivity index (χ3v) is 2.56. The van der Waals surface area contributed by atoms with Gasteiger partial charge in [-0.15, -0.1) is 0 Å². The third kappa shape index (κ3) is 3.46.